The smallest absolute Gasteiger partial charge is 0.293 e. The van der Waals surface area contributed by atoms with Crippen molar-refractivity contribution in [1.29, 1.82) is 0 Å². The van der Waals surface area contributed by atoms with Gasteiger partial charge in [0.05, 0.1) is 12.6 Å². The van der Waals surface area contributed by atoms with E-state index in [4.69, 9.17) is 9.47 Å². The van der Waals surface area contributed by atoms with E-state index in [0.29, 0.717) is 6.54 Å². The number of aryl methyl sites for hydroxylation is 1. The number of hydrogen-bond donors (Lipinski definition) is 0. The van der Waals surface area contributed by atoms with E-state index in [9.17, 15) is 4.79 Å². The van der Waals surface area contributed by atoms with Crippen molar-refractivity contribution in [2.75, 3.05) is 20.3 Å². The Morgan fingerprint density at radius 1 is 1.58 bits per heavy atom. The van der Waals surface area contributed by atoms with E-state index >= 15 is 0 Å². The molecule has 1 aromatic rings. The van der Waals surface area contributed by atoms with Crippen molar-refractivity contribution in [2.45, 2.75) is 31.1 Å². The molecule has 0 N–H and O–H groups in total. The Balaban J connectivity index is 1.82. The lowest BCUT2D eigenvalue weighted by atomic mass is 10.0. The summed E-state index contributed by atoms with van der Waals surface area (Å²) in [5, 5.41) is 4.08. The van der Waals surface area contributed by atoms with Gasteiger partial charge in [0, 0.05) is 20.8 Å². The molecule has 0 aromatic carbocycles. The SMILES string of the molecule is CO[C@H]1CN(C(=O)c2ncn(C)n2)[C@@H]2CCCO[C@H]12. The van der Waals surface area contributed by atoms with Gasteiger partial charge in [-0.3, -0.25) is 9.48 Å². The van der Waals surface area contributed by atoms with Crippen LogP contribution in [0.4, 0.5) is 0 Å². The zero-order valence-electron chi connectivity index (χ0n) is 11.2. The molecule has 0 bridgehead atoms. The molecule has 0 spiro atoms. The van der Waals surface area contributed by atoms with Crippen LogP contribution in [0.3, 0.4) is 0 Å². The maximum Gasteiger partial charge on any atom is 0.293 e. The number of carbonyl (C=O) groups is 1. The van der Waals surface area contributed by atoms with Gasteiger partial charge in [-0.2, -0.15) is 0 Å². The highest BCUT2D eigenvalue weighted by atomic mass is 16.5. The van der Waals surface area contributed by atoms with Crippen molar-refractivity contribution < 1.29 is 14.3 Å². The average Bonchev–Trinajstić information content (AvgIpc) is 3.02. The third-order valence-corrected chi connectivity index (χ3v) is 3.83. The summed E-state index contributed by atoms with van der Waals surface area (Å²) in [5.74, 6) is 0.101. The van der Waals surface area contributed by atoms with Crippen molar-refractivity contribution in [3.05, 3.63) is 12.2 Å². The third kappa shape index (κ3) is 2.12. The molecular weight excluding hydrogens is 248 g/mol. The molecule has 1 amide bonds. The van der Waals surface area contributed by atoms with Crippen molar-refractivity contribution in [3.8, 4) is 0 Å². The highest BCUT2D eigenvalue weighted by molar-refractivity contribution is 5.91. The summed E-state index contributed by atoms with van der Waals surface area (Å²) < 4.78 is 12.7. The molecule has 3 atom stereocenters. The highest BCUT2D eigenvalue weighted by Gasteiger charge is 2.47. The molecule has 3 rings (SSSR count). The van der Waals surface area contributed by atoms with Gasteiger partial charge in [-0.25, -0.2) is 4.98 Å². The predicted molar refractivity (Wildman–Crippen MR) is 65.6 cm³/mol. The molecule has 2 aliphatic rings. The van der Waals surface area contributed by atoms with E-state index in [2.05, 4.69) is 10.1 Å². The van der Waals surface area contributed by atoms with Crippen LogP contribution in [0.25, 0.3) is 0 Å². The molecule has 2 saturated heterocycles. The van der Waals surface area contributed by atoms with Gasteiger partial charge in [-0.1, -0.05) is 0 Å². The van der Waals surface area contributed by atoms with Gasteiger partial charge < -0.3 is 14.4 Å². The van der Waals surface area contributed by atoms with Crippen LogP contribution < -0.4 is 0 Å². The first-order valence-electron chi connectivity index (χ1n) is 6.51. The maximum atomic E-state index is 12.5. The lowest BCUT2D eigenvalue weighted by Crippen LogP contribution is -2.44. The summed E-state index contributed by atoms with van der Waals surface area (Å²) in [4.78, 5) is 18.3. The van der Waals surface area contributed by atoms with Crippen LogP contribution in [-0.4, -0.2) is 64.1 Å². The number of ether oxygens (including phenoxy) is 2. The molecule has 1 aromatic heterocycles. The van der Waals surface area contributed by atoms with E-state index < -0.39 is 0 Å². The van der Waals surface area contributed by atoms with Gasteiger partial charge in [0.1, 0.15) is 18.5 Å². The van der Waals surface area contributed by atoms with Crippen LogP contribution in [0.2, 0.25) is 0 Å². The largest absolute Gasteiger partial charge is 0.377 e. The Kier molecular flexibility index (Phi) is 3.24. The fraction of sp³-hybridized carbons (Fsp3) is 0.750. The minimum Gasteiger partial charge on any atom is -0.377 e. The zero-order chi connectivity index (χ0) is 13.4. The molecule has 3 heterocycles. The van der Waals surface area contributed by atoms with Gasteiger partial charge in [0.15, 0.2) is 0 Å². The number of fused-ring (bicyclic) bond motifs is 1. The standard InChI is InChI=1S/C12H18N4O3/c1-15-7-13-11(14-15)12(17)16-6-9(18-2)10-8(16)4-3-5-19-10/h7-10H,3-6H2,1-2H3/t8-,9+,10+/m1/s1. The summed E-state index contributed by atoms with van der Waals surface area (Å²) in [5.41, 5.74) is 0. The minimum atomic E-state index is -0.138. The second-order valence-corrected chi connectivity index (χ2v) is 5.02. The molecule has 2 aliphatic heterocycles. The number of methoxy groups -OCH3 is 1. The summed E-state index contributed by atoms with van der Waals surface area (Å²) >= 11 is 0. The molecule has 0 saturated carbocycles. The van der Waals surface area contributed by atoms with Crippen molar-refractivity contribution in [1.82, 2.24) is 19.7 Å². The van der Waals surface area contributed by atoms with Gasteiger partial charge in [-0.05, 0) is 12.8 Å². The second kappa shape index (κ2) is 4.90. The Morgan fingerprint density at radius 2 is 2.42 bits per heavy atom. The second-order valence-electron chi connectivity index (χ2n) is 5.02. The van der Waals surface area contributed by atoms with Crippen LogP contribution in [0.1, 0.15) is 23.5 Å². The van der Waals surface area contributed by atoms with Gasteiger partial charge in [0.25, 0.3) is 5.91 Å². The van der Waals surface area contributed by atoms with E-state index in [-0.39, 0.29) is 30.0 Å². The minimum absolute atomic E-state index is 0.0218. The first-order chi connectivity index (χ1) is 9.20. The van der Waals surface area contributed by atoms with E-state index in [1.807, 2.05) is 0 Å². The van der Waals surface area contributed by atoms with Crippen LogP contribution in [-0.2, 0) is 16.5 Å². The van der Waals surface area contributed by atoms with E-state index in [0.717, 1.165) is 19.4 Å². The Labute approximate surface area is 111 Å². The van der Waals surface area contributed by atoms with Gasteiger partial charge in [0.2, 0.25) is 5.82 Å². The fourth-order valence-electron chi connectivity index (χ4n) is 2.92. The number of aromatic nitrogens is 3. The third-order valence-electron chi connectivity index (χ3n) is 3.83. The van der Waals surface area contributed by atoms with Crippen molar-refractivity contribution >= 4 is 5.91 Å². The monoisotopic (exact) mass is 266 g/mol. The lowest BCUT2D eigenvalue weighted by Gasteiger charge is -2.31. The normalized spacial score (nSPS) is 30.4. The first-order valence-corrected chi connectivity index (χ1v) is 6.51. The van der Waals surface area contributed by atoms with Gasteiger partial charge >= 0.3 is 0 Å². The molecule has 0 radical (unpaired) electrons. The molecule has 19 heavy (non-hydrogen) atoms. The number of nitrogens with zero attached hydrogens (tertiary/aromatic N) is 4. The molecule has 104 valence electrons. The van der Waals surface area contributed by atoms with Crippen LogP contribution in [0, 0.1) is 0 Å². The fourth-order valence-corrected chi connectivity index (χ4v) is 2.92. The Bertz CT molecular complexity index is 475. The van der Waals surface area contributed by atoms with E-state index in [1.54, 1.807) is 19.1 Å². The maximum absolute atomic E-state index is 12.5. The number of likely N-dealkylation sites (tertiary alicyclic amines) is 1. The number of rotatable bonds is 2. The molecule has 0 aliphatic carbocycles. The van der Waals surface area contributed by atoms with E-state index in [1.165, 1.54) is 11.0 Å². The number of hydrogen-bond acceptors (Lipinski definition) is 5. The summed E-state index contributed by atoms with van der Waals surface area (Å²) in [6.45, 7) is 1.29. The lowest BCUT2D eigenvalue weighted by molar-refractivity contribution is -0.0640. The van der Waals surface area contributed by atoms with Crippen LogP contribution in [0.15, 0.2) is 6.33 Å². The molecule has 0 unspecified atom stereocenters. The molecule has 7 nitrogen and oxygen atoms in total. The average molecular weight is 266 g/mol. The zero-order valence-corrected chi connectivity index (χ0v) is 11.2. The summed E-state index contributed by atoms with van der Waals surface area (Å²) in [6.07, 6.45) is 3.37. The Hall–Kier alpha value is -1.47. The number of carbonyl (C=O) groups excluding carboxylic acids is 1. The van der Waals surface area contributed by atoms with Gasteiger partial charge in [-0.15, -0.1) is 5.10 Å². The van der Waals surface area contributed by atoms with Crippen LogP contribution in [0.5, 0.6) is 0 Å². The quantitative estimate of drug-likeness (QED) is 0.743. The van der Waals surface area contributed by atoms with Crippen molar-refractivity contribution in [3.63, 3.8) is 0 Å². The Morgan fingerprint density at radius 3 is 3.11 bits per heavy atom. The van der Waals surface area contributed by atoms with Crippen molar-refractivity contribution in [2.24, 2.45) is 7.05 Å². The summed E-state index contributed by atoms with van der Waals surface area (Å²) in [7, 11) is 3.41. The topological polar surface area (TPSA) is 69.5 Å². The summed E-state index contributed by atoms with van der Waals surface area (Å²) in [6, 6.07) is 0.0787. The predicted octanol–water partition coefficient (Wildman–Crippen LogP) is -0.166. The highest BCUT2D eigenvalue weighted by Crippen LogP contribution is 2.31. The first kappa shape index (κ1) is 12.6. The molecular formula is C12H18N4O3. The molecule has 7 heteroatoms. The number of amides is 1. The van der Waals surface area contributed by atoms with Crippen LogP contribution >= 0.6 is 0 Å². The molecule has 2 fully saturated rings.